The third-order valence-electron chi connectivity index (χ3n) is 1.57. The van der Waals surface area contributed by atoms with Crippen molar-refractivity contribution in [2.45, 2.75) is 52.4 Å². The molecule has 0 rings (SSSR count). The number of hydrogen-bond acceptors (Lipinski definition) is 4. The summed E-state index contributed by atoms with van der Waals surface area (Å²) in [6.45, 7) is 9.31. The average Bonchev–Trinajstić information content (AvgIpc) is 1.98. The van der Waals surface area contributed by atoms with Crippen LogP contribution in [0.1, 0.15) is 41.0 Å². The summed E-state index contributed by atoms with van der Waals surface area (Å²) in [5, 5.41) is 11.2. The summed E-state index contributed by atoms with van der Waals surface area (Å²) in [5.74, 6) is 0. The lowest BCUT2D eigenvalue weighted by molar-refractivity contribution is -0.0515. The minimum atomic E-state index is -0.794. The molecule has 96 valence electrons. The predicted octanol–water partition coefficient (Wildman–Crippen LogP) is 1.65. The van der Waals surface area contributed by atoms with Crippen LogP contribution >= 0.6 is 0 Å². The van der Waals surface area contributed by atoms with E-state index in [1.807, 2.05) is 0 Å². The quantitative estimate of drug-likeness (QED) is 0.559. The van der Waals surface area contributed by atoms with Crippen LogP contribution in [-0.4, -0.2) is 35.7 Å². The van der Waals surface area contributed by atoms with Crippen LogP contribution in [0, 0.1) is 0 Å². The van der Waals surface area contributed by atoms with Crippen LogP contribution in [-0.2, 0) is 9.47 Å². The molecule has 0 unspecified atom stereocenters. The standard InChI is InChI=1S/C11H23NO4/c1-10(2,3)16-9(14)12-11(4,5)15-8-6-7-13/h13H,6-8H2,1-5H3,(H,12,14). The fourth-order valence-corrected chi connectivity index (χ4v) is 0.977. The number of amides is 1. The van der Waals surface area contributed by atoms with Crippen molar-refractivity contribution in [1.29, 1.82) is 0 Å². The maximum atomic E-state index is 11.4. The number of ether oxygens (including phenoxy) is 2. The molecule has 2 N–H and O–H groups in total. The van der Waals surface area contributed by atoms with E-state index < -0.39 is 17.4 Å². The predicted molar refractivity (Wildman–Crippen MR) is 61.1 cm³/mol. The largest absolute Gasteiger partial charge is 0.444 e. The van der Waals surface area contributed by atoms with Crippen LogP contribution in [0.2, 0.25) is 0 Å². The van der Waals surface area contributed by atoms with Gasteiger partial charge in [0.05, 0.1) is 6.61 Å². The molecule has 0 aromatic carbocycles. The normalized spacial score (nSPS) is 12.4. The van der Waals surface area contributed by atoms with E-state index in [-0.39, 0.29) is 6.61 Å². The van der Waals surface area contributed by atoms with E-state index in [2.05, 4.69) is 5.32 Å². The highest BCUT2D eigenvalue weighted by molar-refractivity contribution is 5.68. The van der Waals surface area contributed by atoms with E-state index in [9.17, 15) is 4.79 Å². The van der Waals surface area contributed by atoms with E-state index in [0.717, 1.165) is 0 Å². The first-order chi connectivity index (χ1) is 7.16. The zero-order chi connectivity index (χ0) is 12.8. The first-order valence-corrected chi connectivity index (χ1v) is 5.42. The fourth-order valence-electron chi connectivity index (χ4n) is 0.977. The van der Waals surface area contributed by atoms with Crippen molar-refractivity contribution in [2.24, 2.45) is 0 Å². The highest BCUT2D eigenvalue weighted by Gasteiger charge is 2.24. The van der Waals surface area contributed by atoms with Crippen LogP contribution in [0.15, 0.2) is 0 Å². The maximum Gasteiger partial charge on any atom is 0.409 e. The molecule has 0 saturated heterocycles. The van der Waals surface area contributed by atoms with E-state index in [4.69, 9.17) is 14.6 Å². The molecule has 0 saturated carbocycles. The van der Waals surface area contributed by atoms with E-state index in [1.54, 1.807) is 34.6 Å². The summed E-state index contributed by atoms with van der Waals surface area (Å²) in [6, 6.07) is 0. The van der Waals surface area contributed by atoms with E-state index in [1.165, 1.54) is 0 Å². The molecule has 0 aliphatic heterocycles. The Labute approximate surface area is 97.1 Å². The lowest BCUT2D eigenvalue weighted by Crippen LogP contribution is -2.47. The molecule has 0 spiro atoms. The van der Waals surface area contributed by atoms with Crippen LogP contribution in [0.4, 0.5) is 4.79 Å². The summed E-state index contributed by atoms with van der Waals surface area (Å²) >= 11 is 0. The molecule has 0 aliphatic rings. The van der Waals surface area contributed by atoms with Crippen molar-refractivity contribution in [2.75, 3.05) is 13.2 Å². The summed E-state index contributed by atoms with van der Waals surface area (Å²) in [6.07, 6.45) is 0.0286. The van der Waals surface area contributed by atoms with Crippen molar-refractivity contribution in [3.05, 3.63) is 0 Å². The molecule has 0 aliphatic carbocycles. The van der Waals surface area contributed by atoms with E-state index in [0.29, 0.717) is 13.0 Å². The van der Waals surface area contributed by atoms with Gasteiger partial charge >= 0.3 is 6.09 Å². The second-order valence-electron chi connectivity index (χ2n) is 5.06. The van der Waals surface area contributed by atoms with Crippen molar-refractivity contribution in [3.63, 3.8) is 0 Å². The van der Waals surface area contributed by atoms with E-state index >= 15 is 0 Å². The maximum absolute atomic E-state index is 11.4. The number of carbonyl (C=O) groups is 1. The number of hydrogen-bond donors (Lipinski definition) is 2. The zero-order valence-corrected chi connectivity index (χ0v) is 10.8. The number of alkyl carbamates (subject to hydrolysis) is 1. The van der Waals surface area contributed by atoms with Gasteiger partial charge in [0.1, 0.15) is 11.3 Å². The Kier molecular flexibility index (Phi) is 5.75. The molecule has 0 bridgehead atoms. The molecular weight excluding hydrogens is 210 g/mol. The smallest absolute Gasteiger partial charge is 0.409 e. The number of carbonyl (C=O) groups excluding carboxylic acids is 1. The molecule has 0 aromatic heterocycles. The second kappa shape index (κ2) is 6.06. The van der Waals surface area contributed by atoms with Gasteiger partial charge in [-0.15, -0.1) is 0 Å². The lowest BCUT2D eigenvalue weighted by atomic mass is 10.2. The number of aliphatic hydroxyl groups excluding tert-OH is 1. The van der Waals surface area contributed by atoms with Gasteiger partial charge in [0.2, 0.25) is 0 Å². The third kappa shape index (κ3) is 8.49. The Balaban J connectivity index is 4.00. The van der Waals surface area contributed by atoms with Gasteiger partial charge in [-0.05, 0) is 41.0 Å². The minimum absolute atomic E-state index is 0.0719. The fraction of sp³-hybridized carbons (Fsp3) is 0.909. The number of rotatable bonds is 5. The van der Waals surface area contributed by atoms with Gasteiger partial charge in [0.15, 0.2) is 0 Å². The molecule has 0 radical (unpaired) electrons. The summed E-state index contributed by atoms with van der Waals surface area (Å²) < 4.78 is 10.5. The summed E-state index contributed by atoms with van der Waals surface area (Å²) in [7, 11) is 0. The highest BCUT2D eigenvalue weighted by atomic mass is 16.6. The van der Waals surface area contributed by atoms with Gasteiger partial charge in [-0.1, -0.05) is 0 Å². The molecule has 1 amide bonds. The molecule has 0 heterocycles. The monoisotopic (exact) mass is 233 g/mol. The van der Waals surface area contributed by atoms with Gasteiger partial charge in [-0.2, -0.15) is 0 Å². The van der Waals surface area contributed by atoms with Gasteiger partial charge in [-0.25, -0.2) is 4.79 Å². The Morgan fingerprint density at radius 1 is 1.25 bits per heavy atom. The highest BCUT2D eigenvalue weighted by Crippen LogP contribution is 2.10. The van der Waals surface area contributed by atoms with Crippen molar-refractivity contribution in [3.8, 4) is 0 Å². The Hall–Kier alpha value is -0.810. The number of aliphatic hydroxyl groups is 1. The molecule has 0 aromatic rings. The third-order valence-corrected chi connectivity index (χ3v) is 1.57. The molecule has 5 nitrogen and oxygen atoms in total. The van der Waals surface area contributed by atoms with Crippen LogP contribution in [0.5, 0.6) is 0 Å². The first kappa shape index (κ1) is 15.2. The topological polar surface area (TPSA) is 67.8 Å². The summed E-state index contributed by atoms with van der Waals surface area (Å²) in [4.78, 5) is 11.4. The minimum Gasteiger partial charge on any atom is -0.444 e. The SMILES string of the molecule is CC(C)(C)OC(=O)NC(C)(C)OCCCO. The summed E-state index contributed by atoms with van der Waals surface area (Å²) in [5.41, 5.74) is -1.32. The van der Waals surface area contributed by atoms with Gasteiger partial charge in [-0.3, -0.25) is 5.32 Å². The van der Waals surface area contributed by atoms with Crippen LogP contribution in [0.3, 0.4) is 0 Å². The Morgan fingerprint density at radius 2 is 1.81 bits per heavy atom. The Bertz CT molecular complexity index is 221. The van der Waals surface area contributed by atoms with Crippen LogP contribution in [0.25, 0.3) is 0 Å². The van der Waals surface area contributed by atoms with Gasteiger partial charge in [0.25, 0.3) is 0 Å². The molecule has 0 fully saturated rings. The van der Waals surface area contributed by atoms with Crippen molar-refractivity contribution < 1.29 is 19.4 Å². The zero-order valence-electron chi connectivity index (χ0n) is 10.8. The Morgan fingerprint density at radius 3 is 2.25 bits per heavy atom. The van der Waals surface area contributed by atoms with Gasteiger partial charge < -0.3 is 14.6 Å². The van der Waals surface area contributed by atoms with Gasteiger partial charge in [0, 0.05) is 6.61 Å². The number of nitrogens with one attached hydrogen (secondary N) is 1. The molecular formula is C11H23NO4. The lowest BCUT2D eigenvalue weighted by Gasteiger charge is -2.28. The van der Waals surface area contributed by atoms with Crippen molar-refractivity contribution >= 4 is 6.09 Å². The first-order valence-electron chi connectivity index (χ1n) is 5.42. The van der Waals surface area contributed by atoms with Crippen molar-refractivity contribution in [1.82, 2.24) is 5.32 Å². The average molecular weight is 233 g/mol. The molecule has 0 atom stereocenters. The molecule has 5 heteroatoms. The molecule has 16 heavy (non-hydrogen) atoms. The second-order valence-corrected chi connectivity index (χ2v) is 5.06. The van der Waals surface area contributed by atoms with Crippen LogP contribution < -0.4 is 5.32 Å².